The Labute approximate surface area is 264 Å². The first-order chi connectivity index (χ1) is 21.7. The predicted octanol–water partition coefficient (Wildman–Crippen LogP) is 3.56. The van der Waals surface area contributed by atoms with Gasteiger partial charge in [0.05, 0.1) is 25.6 Å². The molecule has 2 unspecified atom stereocenters. The molecular formula is C32H46N2O10S. The zero-order valence-corrected chi connectivity index (χ0v) is 27.1. The summed E-state index contributed by atoms with van der Waals surface area (Å²) in [6.07, 6.45) is 9.03. The fourth-order valence-corrected chi connectivity index (χ4v) is 6.31. The fraction of sp³-hybridized carbons (Fsp3) is 0.688. The molecule has 1 aromatic carbocycles. The van der Waals surface area contributed by atoms with E-state index < -0.39 is 28.1 Å². The number of unbranched alkanes of at least 4 members (excludes halogenated alkanes) is 1. The van der Waals surface area contributed by atoms with Gasteiger partial charge in [-0.1, -0.05) is 24.3 Å². The quantitative estimate of drug-likeness (QED) is 0.221. The molecule has 0 saturated carbocycles. The molecule has 5 atom stereocenters. The molecule has 0 N–H and O–H groups in total. The summed E-state index contributed by atoms with van der Waals surface area (Å²) in [6, 6.07) is 7.54. The molecule has 12 nitrogen and oxygen atoms in total. The lowest BCUT2D eigenvalue weighted by molar-refractivity contribution is -0.216. The molecule has 3 fully saturated rings. The first-order valence-corrected chi connectivity index (χ1v) is 17.9. The van der Waals surface area contributed by atoms with E-state index in [1.165, 1.54) is 9.13 Å². The van der Waals surface area contributed by atoms with E-state index in [4.69, 9.17) is 27.9 Å². The molecule has 5 rings (SSSR count). The summed E-state index contributed by atoms with van der Waals surface area (Å²) in [7, 11) is -3.50. The molecule has 2 aromatic rings. The molecule has 0 spiro atoms. The van der Waals surface area contributed by atoms with E-state index in [0.29, 0.717) is 31.6 Å². The van der Waals surface area contributed by atoms with Crippen LogP contribution < -0.4 is 11.2 Å². The van der Waals surface area contributed by atoms with Gasteiger partial charge in [0.1, 0.15) is 12.3 Å². The van der Waals surface area contributed by atoms with Crippen molar-refractivity contribution < 1.29 is 36.3 Å². The van der Waals surface area contributed by atoms with Crippen molar-refractivity contribution in [3.63, 3.8) is 0 Å². The van der Waals surface area contributed by atoms with E-state index in [9.17, 15) is 18.0 Å². The Morgan fingerprint density at radius 2 is 1.62 bits per heavy atom. The van der Waals surface area contributed by atoms with Crippen LogP contribution in [0.3, 0.4) is 0 Å². The predicted molar refractivity (Wildman–Crippen MR) is 165 cm³/mol. The normalized spacial score (nSPS) is 25.9. The summed E-state index contributed by atoms with van der Waals surface area (Å²) in [5.41, 5.74) is 1.60. The second-order valence-electron chi connectivity index (χ2n) is 12.2. The van der Waals surface area contributed by atoms with Crippen LogP contribution >= 0.6 is 0 Å². The number of nitrogens with zero attached hydrogens (tertiary/aromatic N) is 2. The van der Waals surface area contributed by atoms with Crippen LogP contribution in [0.2, 0.25) is 0 Å². The number of aryl methyl sites for hydroxylation is 2. The molecule has 45 heavy (non-hydrogen) atoms. The zero-order chi connectivity index (χ0) is 31.8. The van der Waals surface area contributed by atoms with Crippen molar-refractivity contribution in [3.8, 4) is 0 Å². The average molecular weight is 651 g/mol. The standard InChI is InChI=1S/C32H46N2O10S/c1-23-20-34(28-19-26(44-30-11-5-8-18-40-30)27(43-28)22-41-29-10-4-7-17-39-29)32(36)33(31(23)35)16-6-3-9-24-12-14-25(15-13-24)21-42-45(2,37)38/h12-15,20,26-30H,3-11,16-19,21-22H2,1-2H3/t26-,27+,28+,29?,30?/m0/s1. The van der Waals surface area contributed by atoms with Crippen LogP contribution in [0.25, 0.3) is 0 Å². The van der Waals surface area contributed by atoms with Gasteiger partial charge in [0.2, 0.25) is 0 Å². The van der Waals surface area contributed by atoms with Crippen LogP contribution in [0.1, 0.15) is 80.7 Å². The first-order valence-electron chi connectivity index (χ1n) is 16.1. The van der Waals surface area contributed by atoms with Crippen molar-refractivity contribution in [3.05, 3.63) is 68.0 Å². The van der Waals surface area contributed by atoms with Crippen molar-refractivity contribution in [1.29, 1.82) is 0 Å². The smallest absolute Gasteiger partial charge is 0.333 e. The number of rotatable bonds is 14. The second-order valence-corrected chi connectivity index (χ2v) is 13.8. The molecular weight excluding hydrogens is 604 g/mol. The maximum absolute atomic E-state index is 13.6. The largest absolute Gasteiger partial charge is 0.353 e. The highest BCUT2D eigenvalue weighted by Gasteiger charge is 2.40. The Hall–Kier alpha value is -2.39. The highest BCUT2D eigenvalue weighted by atomic mass is 32.2. The molecule has 1 aromatic heterocycles. The molecule has 13 heteroatoms. The van der Waals surface area contributed by atoms with Crippen molar-refractivity contribution in [2.24, 2.45) is 0 Å². The minimum absolute atomic E-state index is 0.00366. The van der Waals surface area contributed by atoms with Gasteiger partial charge in [-0.25, -0.2) is 4.79 Å². The van der Waals surface area contributed by atoms with Crippen LogP contribution in [0, 0.1) is 6.92 Å². The molecule has 3 saturated heterocycles. The van der Waals surface area contributed by atoms with Gasteiger partial charge in [-0.05, 0) is 75.8 Å². The number of hydrogen-bond donors (Lipinski definition) is 0. The summed E-state index contributed by atoms with van der Waals surface area (Å²) < 4.78 is 60.5. The minimum Gasteiger partial charge on any atom is -0.353 e. The maximum atomic E-state index is 13.6. The first kappa shape index (κ1) is 34.0. The van der Waals surface area contributed by atoms with Gasteiger partial charge in [-0.2, -0.15) is 8.42 Å². The number of ether oxygens (including phenoxy) is 5. The van der Waals surface area contributed by atoms with Crippen LogP contribution in [0.4, 0.5) is 0 Å². The number of hydrogen-bond acceptors (Lipinski definition) is 10. The Morgan fingerprint density at radius 3 is 2.29 bits per heavy atom. The van der Waals surface area contributed by atoms with Gasteiger partial charge in [0, 0.05) is 37.9 Å². The lowest BCUT2D eigenvalue weighted by atomic mass is 10.1. The van der Waals surface area contributed by atoms with Gasteiger partial charge in [-0.3, -0.25) is 18.1 Å². The average Bonchev–Trinajstić information content (AvgIpc) is 3.43. The van der Waals surface area contributed by atoms with Gasteiger partial charge >= 0.3 is 5.69 Å². The zero-order valence-electron chi connectivity index (χ0n) is 26.3. The topological polar surface area (TPSA) is 134 Å². The second kappa shape index (κ2) is 15.9. The Bertz CT molecular complexity index is 1460. The van der Waals surface area contributed by atoms with Crippen LogP contribution in [0.5, 0.6) is 0 Å². The van der Waals surface area contributed by atoms with Crippen LogP contribution in [-0.2, 0) is 57.6 Å². The summed E-state index contributed by atoms with van der Waals surface area (Å²) in [6.45, 7) is 3.61. The van der Waals surface area contributed by atoms with Gasteiger partial charge < -0.3 is 23.7 Å². The summed E-state index contributed by atoms with van der Waals surface area (Å²) >= 11 is 0. The lowest BCUT2D eigenvalue weighted by Crippen LogP contribution is -2.42. The van der Waals surface area contributed by atoms with E-state index in [1.54, 1.807) is 13.1 Å². The van der Waals surface area contributed by atoms with Gasteiger partial charge in [0.15, 0.2) is 12.6 Å². The highest BCUT2D eigenvalue weighted by Crippen LogP contribution is 2.33. The molecule has 3 aliphatic heterocycles. The van der Waals surface area contributed by atoms with Crippen molar-refractivity contribution in [2.75, 3.05) is 26.1 Å². The molecule has 4 heterocycles. The summed E-state index contributed by atoms with van der Waals surface area (Å²) in [5, 5.41) is 0. The Kier molecular flexibility index (Phi) is 12.0. The summed E-state index contributed by atoms with van der Waals surface area (Å²) in [4.78, 5) is 26.7. The SMILES string of the molecule is Cc1cn([C@H]2C[C@H](OC3CCCCO3)[C@@H](COC3CCCCO3)O2)c(=O)n(CCCCc2ccc(COS(C)(=O)=O)cc2)c1=O. The summed E-state index contributed by atoms with van der Waals surface area (Å²) in [5.74, 6) is 0. The third kappa shape index (κ3) is 9.80. The van der Waals surface area contributed by atoms with E-state index in [2.05, 4.69) is 0 Å². The molecule has 0 aliphatic carbocycles. The highest BCUT2D eigenvalue weighted by molar-refractivity contribution is 7.85. The minimum atomic E-state index is -3.50. The molecule has 250 valence electrons. The Morgan fingerprint density at radius 1 is 0.933 bits per heavy atom. The molecule has 0 radical (unpaired) electrons. The Balaban J connectivity index is 1.21. The van der Waals surface area contributed by atoms with Crippen molar-refractivity contribution in [1.82, 2.24) is 9.13 Å². The van der Waals surface area contributed by atoms with E-state index in [1.807, 2.05) is 24.3 Å². The van der Waals surface area contributed by atoms with Crippen molar-refractivity contribution >= 4 is 10.1 Å². The maximum Gasteiger partial charge on any atom is 0.333 e. The fourth-order valence-electron chi connectivity index (χ4n) is 5.96. The van der Waals surface area contributed by atoms with Gasteiger partial charge in [-0.15, -0.1) is 0 Å². The molecule has 0 amide bonds. The van der Waals surface area contributed by atoms with Crippen LogP contribution in [-0.4, -0.2) is 68.4 Å². The number of aromatic nitrogens is 2. The van der Waals surface area contributed by atoms with Gasteiger partial charge in [0.25, 0.3) is 15.7 Å². The van der Waals surface area contributed by atoms with Crippen LogP contribution in [0.15, 0.2) is 40.1 Å². The monoisotopic (exact) mass is 650 g/mol. The lowest BCUT2D eigenvalue weighted by Gasteiger charge is -2.29. The third-order valence-electron chi connectivity index (χ3n) is 8.47. The van der Waals surface area contributed by atoms with E-state index in [-0.39, 0.29) is 44.0 Å². The molecule has 0 bridgehead atoms. The molecule has 3 aliphatic rings. The van der Waals surface area contributed by atoms with E-state index in [0.717, 1.165) is 68.7 Å². The van der Waals surface area contributed by atoms with E-state index >= 15 is 0 Å². The number of benzene rings is 1. The van der Waals surface area contributed by atoms with Crippen molar-refractivity contribution in [2.45, 2.75) is 115 Å². The third-order valence-corrected chi connectivity index (χ3v) is 9.01.